The molecule has 0 radical (unpaired) electrons. The zero-order chi connectivity index (χ0) is 23.3. The summed E-state index contributed by atoms with van der Waals surface area (Å²) in [7, 11) is 0. The molecule has 172 valence electrons. The van der Waals surface area contributed by atoms with Crippen molar-refractivity contribution in [3.63, 3.8) is 0 Å². The molecule has 3 heterocycles. The summed E-state index contributed by atoms with van der Waals surface area (Å²) in [5, 5.41) is 7.69. The number of aliphatic imine (C=N–C) groups is 1. The number of piperidine rings is 1. The van der Waals surface area contributed by atoms with Crippen LogP contribution < -0.4 is 11.5 Å². The van der Waals surface area contributed by atoms with Crippen LogP contribution in [0.1, 0.15) is 60.3 Å². The molecule has 2 aromatic heterocycles. The molecule has 1 amide bonds. The van der Waals surface area contributed by atoms with E-state index in [4.69, 9.17) is 11.5 Å². The van der Waals surface area contributed by atoms with Crippen molar-refractivity contribution in [3.05, 3.63) is 41.0 Å². The Labute approximate surface area is 190 Å². The van der Waals surface area contributed by atoms with Crippen LogP contribution in [0.4, 0.5) is 16.2 Å². The fourth-order valence-electron chi connectivity index (χ4n) is 4.49. The average Bonchev–Trinajstić information content (AvgIpc) is 3.51. The van der Waals surface area contributed by atoms with Crippen LogP contribution in [-0.2, 0) is 0 Å². The summed E-state index contributed by atoms with van der Waals surface area (Å²) in [6.45, 7) is 4.21. The molecule has 1 saturated heterocycles. The second-order valence-electron chi connectivity index (χ2n) is 9.12. The Morgan fingerprint density at radius 2 is 2.00 bits per heavy atom. The van der Waals surface area contributed by atoms with Crippen LogP contribution in [0, 0.1) is 18.7 Å². The molecule has 1 aromatic carbocycles. The molecule has 2 unspecified atom stereocenters. The maximum Gasteiger partial charge on any atom is 0.274 e. The quantitative estimate of drug-likeness (QED) is 0.412. The van der Waals surface area contributed by atoms with Gasteiger partial charge in [-0.05, 0) is 63.3 Å². The van der Waals surface area contributed by atoms with Gasteiger partial charge in [-0.15, -0.1) is 0 Å². The lowest BCUT2D eigenvalue weighted by molar-refractivity contribution is 0.0597. The van der Waals surface area contributed by atoms with Crippen LogP contribution in [0.5, 0.6) is 0 Å². The van der Waals surface area contributed by atoms with Gasteiger partial charge in [-0.3, -0.25) is 9.89 Å². The van der Waals surface area contributed by atoms with Gasteiger partial charge in [0, 0.05) is 35.5 Å². The minimum absolute atomic E-state index is 0.0443. The van der Waals surface area contributed by atoms with Gasteiger partial charge >= 0.3 is 0 Å². The van der Waals surface area contributed by atoms with Crippen LogP contribution >= 0.6 is 0 Å². The lowest BCUT2D eigenvalue weighted by Crippen LogP contribution is -2.48. The maximum absolute atomic E-state index is 14.1. The van der Waals surface area contributed by atoms with Gasteiger partial charge in [0.15, 0.2) is 5.82 Å². The fourth-order valence-corrected chi connectivity index (χ4v) is 4.49. The van der Waals surface area contributed by atoms with E-state index in [1.54, 1.807) is 11.8 Å². The molecule has 2 fully saturated rings. The highest BCUT2D eigenvalue weighted by atomic mass is 19.1. The van der Waals surface area contributed by atoms with Gasteiger partial charge in [-0.1, -0.05) is 0 Å². The van der Waals surface area contributed by atoms with E-state index in [-0.39, 0.29) is 29.6 Å². The Morgan fingerprint density at radius 1 is 1.21 bits per heavy atom. The molecule has 5 rings (SSSR count). The number of rotatable bonds is 4. The first-order chi connectivity index (χ1) is 15.8. The molecule has 1 aliphatic heterocycles. The van der Waals surface area contributed by atoms with Crippen molar-refractivity contribution in [2.24, 2.45) is 16.6 Å². The van der Waals surface area contributed by atoms with E-state index in [0.29, 0.717) is 40.5 Å². The summed E-state index contributed by atoms with van der Waals surface area (Å²) in [5.74, 6) is 0.429. The fraction of sp³-hybridized carbons (Fsp3) is 0.435. The molecule has 5 N–H and O–H groups in total. The van der Waals surface area contributed by atoms with Crippen LogP contribution in [0.25, 0.3) is 10.9 Å². The van der Waals surface area contributed by atoms with E-state index in [9.17, 15) is 9.18 Å². The van der Waals surface area contributed by atoms with Crippen LogP contribution in [-0.4, -0.2) is 49.4 Å². The van der Waals surface area contributed by atoms with Gasteiger partial charge in [0.25, 0.3) is 5.91 Å². The monoisotopic (exact) mass is 450 g/mol. The second-order valence-corrected chi connectivity index (χ2v) is 9.12. The number of benzene rings is 1. The van der Waals surface area contributed by atoms with Gasteiger partial charge in [-0.25, -0.2) is 14.4 Å². The first-order valence-electron chi connectivity index (χ1n) is 11.2. The molecule has 0 spiro atoms. The van der Waals surface area contributed by atoms with Crippen molar-refractivity contribution < 1.29 is 9.18 Å². The minimum atomic E-state index is -0.406. The molecule has 10 heteroatoms. The maximum atomic E-state index is 14.1. The number of nitrogens with two attached hydrogens (primary N) is 2. The molecular weight excluding hydrogens is 423 g/mol. The van der Waals surface area contributed by atoms with E-state index in [0.717, 1.165) is 31.4 Å². The largest absolute Gasteiger partial charge is 0.387 e. The van der Waals surface area contributed by atoms with E-state index in [2.05, 4.69) is 25.2 Å². The van der Waals surface area contributed by atoms with Crippen molar-refractivity contribution in [2.75, 3.05) is 12.3 Å². The number of H-pyrrole nitrogens is 1. The molecule has 1 saturated carbocycles. The van der Waals surface area contributed by atoms with E-state index in [1.165, 1.54) is 12.1 Å². The van der Waals surface area contributed by atoms with Crippen molar-refractivity contribution in [2.45, 2.75) is 51.5 Å². The summed E-state index contributed by atoms with van der Waals surface area (Å²) < 4.78 is 14.1. The van der Waals surface area contributed by atoms with Gasteiger partial charge in [0.2, 0.25) is 5.95 Å². The number of carbonyl (C=O) groups is 1. The Balaban J connectivity index is 1.41. The smallest absolute Gasteiger partial charge is 0.274 e. The topological polar surface area (TPSA) is 139 Å². The molecule has 2 aliphatic rings. The zero-order valence-electron chi connectivity index (χ0n) is 18.7. The highest BCUT2D eigenvalue weighted by Crippen LogP contribution is 2.39. The molecule has 3 aromatic rings. The Bertz CT molecular complexity index is 1260. The Morgan fingerprint density at radius 3 is 2.76 bits per heavy atom. The highest BCUT2D eigenvalue weighted by molar-refractivity contribution is 5.96. The van der Waals surface area contributed by atoms with Gasteiger partial charge in [0.05, 0.1) is 5.52 Å². The predicted octanol–water partition coefficient (Wildman–Crippen LogP) is 3.19. The lowest BCUT2D eigenvalue weighted by Gasteiger charge is -2.37. The lowest BCUT2D eigenvalue weighted by atomic mass is 9.92. The van der Waals surface area contributed by atoms with E-state index < -0.39 is 5.82 Å². The number of nitrogens with one attached hydrogen (secondary N) is 1. The third-order valence-corrected chi connectivity index (χ3v) is 6.58. The van der Waals surface area contributed by atoms with E-state index in [1.807, 2.05) is 13.0 Å². The summed E-state index contributed by atoms with van der Waals surface area (Å²) in [6, 6.07) is 4.65. The van der Waals surface area contributed by atoms with Crippen LogP contribution in [0.2, 0.25) is 0 Å². The number of fused-ring (bicyclic) bond motifs is 1. The SMILES string of the molecule is Cc1cc(F)cc2c(N=C(N)C3CCC(C)N(C(=O)c4cc(C5CC5)[nH]n4)C3)nc(N)nc12. The number of amidine groups is 1. The van der Waals surface area contributed by atoms with Gasteiger partial charge in [0.1, 0.15) is 17.3 Å². The zero-order valence-corrected chi connectivity index (χ0v) is 18.7. The van der Waals surface area contributed by atoms with Crippen molar-refractivity contribution in [1.29, 1.82) is 0 Å². The summed E-state index contributed by atoms with van der Waals surface area (Å²) in [6.07, 6.45) is 3.83. The van der Waals surface area contributed by atoms with E-state index >= 15 is 0 Å². The number of anilines is 1. The number of aromatic nitrogens is 4. The average molecular weight is 451 g/mol. The van der Waals surface area contributed by atoms with Crippen LogP contribution in [0.15, 0.2) is 23.2 Å². The molecule has 1 aliphatic carbocycles. The number of hydrogen-bond acceptors (Lipinski definition) is 6. The van der Waals surface area contributed by atoms with Crippen molar-refractivity contribution >= 4 is 34.4 Å². The Kier molecular flexibility index (Phi) is 5.22. The number of nitrogens with zero attached hydrogens (tertiary/aromatic N) is 5. The molecule has 33 heavy (non-hydrogen) atoms. The summed E-state index contributed by atoms with van der Waals surface area (Å²) in [5.41, 5.74) is 14.9. The Hall–Kier alpha value is -3.56. The van der Waals surface area contributed by atoms with Crippen molar-refractivity contribution in [3.8, 4) is 0 Å². The molecular formula is C23H27FN8O. The number of nitrogen functional groups attached to an aromatic ring is 1. The number of hydrogen-bond donors (Lipinski definition) is 3. The van der Waals surface area contributed by atoms with Gasteiger partial charge < -0.3 is 16.4 Å². The number of amides is 1. The number of likely N-dealkylation sites (tertiary alicyclic amines) is 1. The third kappa shape index (κ3) is 4.12. The molecule has 9 nitrogen and oxygen atoms in total. The number of aromatic amines is 1. The minimum Gasteiger partial charge on any atom is -0.387 e. The normalized spacial score (nSPS) is 21.5. The predicted molar refractivity (Wildman–Crippen MR) is 124 cm³/mol. The van der Waals surface area contributed by atoms with Gasteiger partial charge in [-0.2, -0.15) is 10.1 Å². The van der Waals surface area contributed by atoms with Crippen molar-refractivity contribution in [1.82, 2.24) is 25.1 Å². The number of aryl methyl sites for hydroxylation is 1. The third-order valence-electron chi connectivity index (χ3n) is 6.58. The summed E-state index contributed by atoms with van der Waals surface area (Å²) in [4.78, 5) is 27.9. The number of carbonyl (C=O) groups excluding carboxylic acids is 1. The first-order valence-corrected chi connectivity index (χ1v) is 11.2. The molecule has 2 atom stereocenters. The highest BCUT2D eigenvalue weighted by Gasteiger charge is 2.33. The standard InChI is InChI=1S/C23H27FN8O/c1-11-7-15(24)8-16-19(11)27-23(26)29-21(16)28-20(25)14-4-3-12(2)32(10-14)22(33)18-9-17(30-31-18)13-5-6-13/h7-9,12-14H,3-6,10H2,1-2H3,(H,30,31)(H4,25,26,27,28,29). The number of halogens is 1. The van der Waals surface area contributed by atoms with Crippen LogP contribution in [0.3, 0.4) is 0 Å². The second kappa shape index (κ2) is 8.09. The first kappa shape index (κ1) is 21.3. The summed E-state index contributed by atoms with van der Waals surface area (Å²) >= 11 is 0. The molecule has 0 bridgehead atoms.